The van der Waals surface area contributed by atoms with Crippen LogP contribution in [-0.4, -0.2) is 111 Å². The Hall–Kier alpha value is -5.05. The molecule has 0 spiro atoms. The number of allylic oxidation sites excluding steroid dienone is 2. The second-order valence-corrected chi connectivity index (χ2v) is 16.7. The molecular formula is C44H47N3O10S. The molecule has 0 amide bonds. The average molecular weight is 810 g/mol. The number of esters is 1. The Morgan fingerprint density at radius 1 is 0.914 bits per heavy atom. The maximum atomic E-state index is 14.2. The number of methoxy groups -OCH3 is 3. The Morgan fingerprint density at radius 2 is 1.64 bits per heavy atom. The van der Waals surface area contributed by atoms with Gasteiger partial charge in [0.05, 0.1) is 74.0 Å². The third-order valence-corrected chi connectivity index (χ3v) is 13.8. The minimum absolute atomic E-state index is 0.00477. The standard InChI is InChI=1S/C44H47N3O10S/c1-7-57-44(52)24-18-58-43-38(46-24)36-32-28-23(37(39(36)50)45-21-8-10-22(11-9-21)47-12-14-56-15-13-47)16-19(2)27(20(3)48)34-31(28)33-29(40(51)41(34)54-5)25(49)17-26(53-4)30(33)35(32)42(43)55-6/h16-17,21-22,24,27,45,50-51H,7-15,18H2,1-6H3. The van der Waals surface area contributed by atoms with Crippen LogP contribution in [0.25, 0.3) is 44.2 Å². The number of phenolic OH excluding ortho intramolecular Hbond substituents is 2. The van der Waals surface area contributed by atoms with Crippen molar-refractivity contribution in [1.82, 2.24) is 4.90 Å². The summed E-state index contributed by atoms with van der Waals surface area (Å²) in [6, 6.07) is -0.414. The maximum absolute atomic E-state index is 14.2. The van der Waals surface area contributed by atoms with Crippen molar-refractivity contribution in [3.05, 3.63) is 39.3 Å². The highest BCUT2D eigenvalue weighted by Crippen LogP contribution is 2.60. The molecule has 0 aromatic heterocycles. The maximum Gasteiger partial charge on any atom is 0.331 e. The van der Waals surface area contributed by atoms with Gasteiger partial charge in [0.2, 0.25) is 0 Å². The number of morpholine rings is 1. The molecule has 2 atom stereocenters. The molecule has 13 nitrogen and oxygen atoms in total. The van der Waals surface area contributed by atoms with E-state index in [2.05, 4.69) is 10.2 Å². The fraction of sp³-hybridized carbons (Fsp3) is 0.455. The third-order valence-electron chi connectivity index (χ3n) is 12.6. The number of hydrogen-bond donors (Lipinski definition) is 3. The number of benzene rings is 4. The number of carbonyl (C=O) groups excluding carboxylic acids is 3. The van der Waals surface area contributed by atoms with E-state index < -0.39 is 23.7 Å². The number of ketones is 2. The summed E-state index contributed by atoms with van der Waals surface area (Å²) >= 11 is 1.37. The molecule has 4 aromatic carbocycles. The second kappa shape index (κ2) is 14.6. The van der Waals surface area contributed by atoms with E-state index in [1.54, 1.807) is 14.0 Å². The van der Waals surface area contributed by atoms with E-state index >= 15 is 0 Å². The number of aromatic hydroxyl groups is 2. The van der Waals surface area contributed by atoms with E-state index in [0.717, 1.165) is 52.0 Å². The van der Waals surface area contributed by atoms with E-state index in [0.29, 0.717) is 82.3 Å². The number of fused-ring (bicyclic) bond motifs is 3. The number of carbonyl (C=O) groups is 3. The van der Waals surface area contributed by atoms with Crippen LogP contribution >= 0.6 is 11.8 Å². The predicted molar refractivity (Wildman–Crippen MR) is 222 cm³/mol. The van der Waals surface area contributed by atoms with Crippen molar-refractivity contribution in [2.24, 2.45) is 4.99 Å². The summed E-state index contributed by atoms with van der Waals surface area (Å²) in [5.74, 6) is -1.56. The average Bonchev–Trinajstić information content (AvgIpc) is 3.36. The molecule has 58 heavy (non-hydrogen) atoms. The van der Waals surface area contributed by atoms with Crippen molar-refractivity contribution >= 4 is 79.1 Å². The molecule has 9 rings (SSSR count). The zero-order valence-corrected chi connectivity index (χ0v) is 34.3. The molecular weight excluding hydrogens is 763 g/mol. The van der Waals surface area contributed by atoms with Crippen LogP contribution in [-0.2, 0) is 23.8 Å². The highest BCUT2D eigenvalue weighted by Gasteiger charge is 2.42. The first-order valence-electron chi connectivity index (χ1n) is 19.9. The molecule has 5 aliphatic rings. The van der Waals surface area contributed by atoms with Crippen molar-refractivity contribution in [3.63, 3.8) is 0 Å². The molecule has 1 saturated carbocycles. The number of Topliss-reactive ketones (excluding diaryl/α,β-unsaturated/α-hetero) is 1. The van der Waals surface area contributed by atoms with Gasteiger partial charge >= 0.3 is 5.97 Å². The summed E-state index contributed by atoms with van der Waals surface area (Å²) in [5.41, 5.74) is 2.62. The van der Waals surface area contributed by atoms with Gasteiger partial charge in [-0.25, -0.2) is 4.79 Å². The van der Waals surface area contributed by atoms with Crippen molar-refractivity contribution in [2.45, 2.75) is 75.4 Å². The SMILES string of the molecule is CCOC(=O)C1CSc2c(OC)c3c4c5c(c(O)c(OC)c6c5c5c(c(NC7CCC(N8CCOCC8)CC7)c(O)c(c2=N1)c35)C=C(C)C6C(C)=O)C(=O)C=C4OC. The summed E-state index contributed by atoms with van der Waals surface area (Å²) in [7, 11) is 4.43. The number of nitrogens with one attached hydrogen (secondary N) is 1. The molecule has 4 aromatic rings. The fourth-order valence-electron chi connectivity index (χ4n) is 10.2. The van der Waals surface area contributed by atoms with Crippen molar-refractivity contribution in [3.8, 4) is 23.0 Å². The van der Waals surface area contributed by atoms with Gasteiger partial charge < -0.3 is 39.2 Å². The van der Waals surface area contributed by atoms with E-state index in [9.17, 15) is 24.6 Å². The van der Waals surface area contributed by atoms with Gasteiger partial charge in [0.15, 0.2) is 23.3 Å². The Morgan fingerprint density at radius 3 is 2.29 bits per heavy atom. The number of thioether (sulfide) groups is 1. The first-order chi connectivity index (χ1) is 28.0. The lowest BCUT2D eigenvalue weighted by atomic mass is 9.77. The van der Waals surface area contributed by atoms with Gasteiger partial charge in [0.25, 0.3) is 0 Å². The van der Waals surface area contributed by atoms with Crippen LogP contribution in [0, 0.1) is 0 Å². The normalized spacial score (nSPS) is 22.9. The Labute approximate surface area is 339 Å². The molecule has 0 bridgehead atoms. The van der Waals surface area contributed by atoms with Gasteiger partial charge in [-0.2, -0.15) is 0 Å². The number of phenols is 2. The number of hydrogen-bond acceptors (Lipinski definition) is 14. The molecule has 2 fully saturated rings. The van der Waals surface area contributed by atoms with Crippen LogP contribution in [0.1, 0.15) is 79.4 Å². The molecule has 2 unspecified atom stereocenters. The molecule has 0 radical (unpaired) electrons. The van der Waals surface area contributed by atoms with Gasteiger partial charge in [-0.3, -0.25) is 19.5 Å². The van der Waals surface area contributed by atoms with Crippen LogP contribution in [0.3, 0.4) is 0 Å². The molecule has 3 aliphatic carbocycles. The van der Waals surface area contributed by atoms with Crippen LogP contribution in [0.2, 0.25) is 0 Å². The lowest BCUT2D eigenvalue weighted by Gasteiger charge is -2.39. The summed E-state index contributed by atoms with van der Waals surface area (Å²) in [4.78, 5) is 49.5. The van der Waals surface area contributed by atoms with Crippen LogP contribution in [0.15, 0.2) is 21.5 Å². The van der Waals surface area contributed by atoms with Crippen molar-refractivity contribution in [2.75, 3.05) is 65.3 Å². The molecule has 2 heterocycles. The monoisotopic (exact) mass is 809 g/mol. The first-order valence-corrected chi connectivity index (χ1v) is 20.9. The first kappa shape index (κ1) is 38.5. The van der Waals surface area contributed by atoms with Gasteiger partial charge in [0.1, 0.15) is 23.0 Å². The second-order valence-electron chi connectivity index (χ2n) is 15.7. The van der Waals surface area contributed by atoms with E-state index in [4.69, 9.17) is 28.7 Å². The molecule has 14 heteroatoms. The van der Waals surface area contributed by atoms with Crippen molar-refractivity contribution < 1.29 is 48.3 Å². The highest BCUT2D eigenvalue weighted by atomic mass is 32.2. The summed E-state index contributed by atoms with van der Waals surface area (Å²) < 4.78 is 29.3. The van der Waals surface area contributed by atoms with Crippen molar-refractivity contribution in [1.29, 1.82) is 0 Å². The summed E-state index contributed by atoms with van der Waals surface area (Å²) in [6.45, 7) is 8.60. The van der Waals surface area contributed by atoms with Gasteiger partial charge in [-0.15, -0.1) is 11.8 Å². The number of anilines is 1. The number of nitrogens with zero attached hydrogens (tertiary/aromatic N) is 2. The molecule has 1 saturated heterocycles. The zero-order valence-electron chi connectivity index (χ0n) is 33.5. The molecule has 3 N–H and O–H groups in total. The largest absolute Gasteiger partial charge is 0.505 e. The quantitative estimate of drug-likeness (QED) is 0.0750. The minimum atomic E-state index is -0.884. The smallest absolute Gasteiger partial charge is 0.331 e. The Balaban J connectivity index is 1.45. The third kappa shape index (κ3) is 5.58. The molecule has 304 valence electrons. The Bertz CT molecular complexity index is 2590. The topological polar surface area (TPSA) is 165 Å². The summed E-state index contributed by atoms with van der Waals surface area (Å²) in [5, 5.41) is 32.1. The van der Waals surface area contributed by atoms with E-state index in [1.165, 1.54) is 39.0 Å². The lowest BCUT2D eigenvalue weighted by Crippen LogP contribution is -2.46. The van der Waals surface area contributed by atoms with Crippen LogP contribution in [0.5, 0.6) is 23.0 Å². The van der Waals surface area contributed by atoms with Crippen LogP contribution < -0.4 is 20.1 Å². The summed E-state index contributed by atoms with van der Waals surface area (Å²) in [6.07, 6.45) is 6.91. The van der Waals surface area contributed by atoms with Gasteiger partial charge in [-0.1, -0.05) is 11.6 Å². The molecule has 2 aliphatic heterocycles. The fourth-order valence-corrected chi connectivity index (χ4v) is 11.3. The number of rotatable bonds is 9. The highest BCUT2D eigenvalue weighted by molar-refractivity contribution is 7.99. The zero-order chi connectivity index (χ0) is 40.7. The van der Waals surface area contributed by atoms with Gasteiger partial charge in [0, 0.05) is 75.2 Å². The van der Waals surface area contributed by atoms with Crippen LogP contribution in [0.4, 0.5) is 5.69 Å². The minimum Gasteiger partial charge on any atom is -0.505 e. The number of ether oxygens (including phenoxy) is 5. The van der Waals surface area contributed by atoms with E-state index in [-0.39, 0.29) is 52.8 Å². The Kier molecular flexibility index (Phi) is 9.72. The predicted octanol–water partition coefficient (Wildman–Crippen LogP) is 6.28. The lowest BCUT2D eigenvalue weighted by molar-refractivity contribution is -0.144. The van der Waals surface area contributed by atoms with Gasteiger partial charge in [-0.05, 0) is 51.8 Å². The van der Waals surface area contributed by atoms with E-state index in [1.807, 2.05) is 13.0 Å².